The average Bonchev–Trinajstić information content (AvgIpc) is 2.91. The third-order valence-electron chi connectivity index (χ3n) is 5.77. The van der Waals surface area contributed by atoms with E-state index >= 15 is 0 Å². The summed E-state index contributed by atoms with van der Waals surface area (Å²) < 4.78 is 1.01. The van der Waals surface area contributed by atoms with E-state index in [4.69, 9.17) is 0 Å². The number of para-hydroxylation sites is 2. The molecule has 1 heterocycles. The number of carbonyl (C=O) groups excluding carboxylic acids is 1. The molecule has 5 rings (SSSR count). The molecule has 0 bridgehead atoms. The molecule has 0 saturated heterocycles. The second kappa shape index (κ2) is 7.53. The molecule has 0 saturated carbocycles. The summed E-state index contributed by atoms with van der Waals surface area (Å²) in [5.41, 5.74) is 5.27. The number of carbonyl (C=O) groups is 1. The Morgan fingerprint density at radius 3 is 2.34 bits per heavy atom. The van der Waals surface area contributed by atoms with Gasteiger partial charge in [0.05, 0.1) is 23.3 Å². The van der Waals surface area contributed by atoms with Gasteiger partial charge in [0.25, 0.3) is 0 Å². The Kier molecular flexibility index (Phi) is 4.72. The molecule has 4 heteroatoms. The number of ketones is 1. The molecule has 3 atom stereocenters. The van der Waals surface area contributed by atoms with E-state index in [2.05, 4.69) is 69.0 Å². The molecule has 0 radical (unpaired) electrons. The van der Waals surface area contributed by atoms with Crippen LogP contribution in [0.15, 0.2) is 95.1 Å². The third-order valence-corrected chi connectivity index (χ3v) is 6.26. The second-order valence-corrected chi connectivity index (χ2v) is 8.55. The molecule has 29 heavy (non-hydrogen) atoms. The Hall–Kier alpha value is -2.85. The van der Waals surface area contributed by atoms with Crippen molar-refractivity contribution >= 4 is 33.1 Å². The van der Waals surface area contributed by atoms with Crippen LogP contribution in [0.25, 0.3) is 0 Å². The van der Waals surface area contributed by atoms with Gasteiger partial charge in [0.2, 0.25) is 0 Å². The summed E-state index contributed by atoms with van der Waals surface area (Å²) in [6.45, 7) is 0. The molecule has 3 unspecified atom stereocenters. The minimum absolute atomic E-state index is 0.0934. The van der Waals surface area contributed by atoms with E-state index < -0.39 is 0 Å². The van der Waals surface area contributed by atoms with Gasteiger partial charge in [-0.05, 0) is 35.4 Å². The second-order valence-electron chi connectivity index (χ2n) is 7.63. The van der Waals surface area contributed by atoms with Crippen LogP contribution in [0.2, 0.25) is 0 Å². The molecular weight excluding hydrogens is 424 g/mol. The van der Waals surface area contributed by atoms with Crippen molar-refractivity contribution in [3.63, 3.8) is 0 Å². The maximum absolute atomic E-state index is 13.5. The number of Topliss-reactive ketones (excluding diaryl/α,β-unsaturated/α-hetero) is 1. The number of rotatable bonds is 2. The summed E-state index contributed by atoms with van der Waals surface area (Å²) in [6, 6.07) is 26.5. The Balaban J connectivity index is 1.64. The lowest BCUT2D eigenvalue weighted by Gasteiger charge is -2.32. The maximum atomic E-state index is 13.5. The van der Waals surface area contributed by atoms with Crippen LogP contribution in [0.1, 0.15) is 29.5 Å². The number of hydrogen-bond donors (Lipinski definition) is 2. The smallest absolute Gasteiger partial charge is 0.145 e. The van der Waals surface area contributed by atoms with Crippen LogP contribution in [0, 0.1) is 5.92 Å². The third kappa shape index (κ3) is 3.49. The number of allylic oxidation sites excluding steroid dienone is 1. The summed E-state index contributed by atoms with van der Waals surface area (Å²) >= 11 is 3.58. The lowest BCUT2D eigenvalue weighted by Crippen LogP contribution is -2.33. The molecule has 2 N–H and O–H groups in total. The minimum atomic E-state index is -0.253. The lowest BCUT2D eigenvalue weighted by atomic mass is 9.76. The van der Waals surface area contributed by atoms with E-state index in [0.29, 0.717) is 6.42 Å². The van der Waals surface area contributed by atoms with Crippen molar-refractivity contribution in [2.75, 3.05) is 10.6 Å². The van der Waals surface area contributed by atoms with Crippen molar-refractivity contribution in [3.8, 4) is 0 Å². The first-order valence-electron chi connectivity index (χ1n) is 9.86. The van der Waals surface area contributed by atoms with Gasteiger partial charge in [0.1, 0.15) is 5.78 Å². The van der Waals surface area contributed by atoms with Crippen molar-refractivity contribution in [3.05, 3.63) is 106 Å². The maximum Gasteiger partial charge on any atom is 0.145 e. The van der Waals surface area contributed by atoms with Gasteiger partial charge in [0, 0.05) is 22.5 Å². The van der Waals surface area contributed by atoms with E-state index in [0.717, 1.165) is 27.1 Å². The first-order chi connectivity index (χ1) is 14.2. The SMILES string of the molecule is O=C1CC(c2ccccc2)C=C2Nc3ccccc3NC(c3cccc(Br)c3)C12. The predicted octanol–water partition coefficient (Wildman–Crippen LogP) is 6.28. The van der Waals surface area contributed by atoms with Gasteiger partial charge in [-0.15, -0.1) is 0 Å². The van der Waals surface area contributed by atoms with Crippen LogP contribution in [0.4, 0.5) is 11.4 Å². The van der Waals surface area contributed by atoms with E-state index in [-0.39, 0.29) is 23.7 Å². The van der Waals surface area contributed by atoms with E-state index in [1.54, 1.807) is 0 Å². The van der Waals surface area contributed by atoms with Crippen LogP contribution in [0.5, 0.6) is 0 Å². The van der Waals surface area contributed by atoms with Gasteiger partial charge in [0.15, 0.2) is 0 Å². The molecule has 3 aromatic rings. The molecule has 1 aliphatic carbocycles. The normalized spacial score (nSPS) is 23.0. The molecule has 3 nitrogen and oxygen atoms in total. The number of hydrogen-bond acceptors (Lipinski definition) is 3. The predicted molar refractivity (Wildman–Crippen MR) is 121 cm³/mol. The Labute approximate surface area is 179 Å². The van der Waals surface area contributed by atoms with E-state index in [1.807, 2.05) is 42.5 Å². The number of benzene rings is 3. The van der Waals surface area contributed by atoms with Gasteiger partial charge in [-0.2, -0.15) is 0 Å². The Morgan fingerprint density at radius 2 is 1.55 bits per heavy atom. The van der Waals surface area contributed by atoms with Crippen molar-refractivity contribution in [1.82, 2.24) is 0 Å². The summed E-state index contributed by atoms with van der Waals surface area (Å²) in [7, 11) is 0. The Bertz CT molecular complexity index is 1090. The van der Waals surface area contributed by atoms with Crippen molar-refractivity contribution in [2.24, 2.45) is 5.92 Å². The lowest BCUT2D eigenvalue weighted by molar-refractivity contribution is -0.122. The Morgan fingerprint density at radius 1 is 0.828 bits per heavy atom. The first kappa shape index (κ1) is 18.2. The fraction of sp³-hybridized carbons (Fsp3) is 0.160. The van der Waals surface area contributed by atoms with Crippen LogP contribution < -0.4 is 10.6 Å². The van der Waals surface area contributed by atoms with Gasteiger partial charge >= 0.3 is 0 Å². The zero-order valence-corrected chi connectivity index (χ0v) is 17.4. The average molecular weight is 445 g/mol. The highest BCUT2D eigenvalue weighted by atomic mass is 79.9. The highest BCUT2D eigenvalue weighted by Gasteiger charge is 2.39. The summed E-state index contributed by atoms with van der Waals surface area (Å²) in [5.74, 6) is 0.0988. The molecular formula is C25H21BrN2O. The highest BCUT2D eigenvalue weighted by Crippen LogP contribution is 2.44. The van der Waals surface area contributed by atoms with Crippen molar-refractivity contribution < 1.29 is 4.79 Å². The summed E-state index contributed by atoms with van der Waals surface area (Å²) in [6.07, 6.45) is 2.76. The van der Waals surface area contributed by atoms with Crippen LogP contribution in [-0.4, -0.2) is 5.78 Å². The minimum Gasteiger partial charge on any atom is -0.375 e. The highest BCUT2D eigenvalue weighted by molar-refractivity contribution is 9.10. The van der Waals surface area contributed by atoms with Gasteiger partial charge in [-0.3, -0.25) is 4.79 Å². The monoisotopic (exact) mass is 444 g/mol. The summed E-state index contributed by atoms with van der Waals surface area (Å²) in [5, 5.41) is 7.21. The number of fused-ring (bicyclic) bond motifs is 2. The molecule has 0 aromatic heterocycles. The van der Waals surface area contributed by atoms with Gasteiger partial charge in [-0.1, -0.05) is 76.6 Å². The fourth-order valence-corrected chi connectivity index (χ4v) is 4.81. The largest absolute Gasteiger partial charge is 0.375 e. The molecule has 0 spiro atoms. The first-order valence-corrected chi connectivity index (χ1v) is 10.7. The number of halogens is 1. The number of nitrogens with one attached hydrogen (secondary N) is 2. The van der Waals surface area contributed by atoms with Gasteiger partial charge < -0.3 is 10.6 Å². The zero-order chi connectivity index (χ0) is 19.8. The van der Waals surface area contributed by atoms with Gasteiger partial charge in [-0.25, -0.2) is 0 Å². The van der Waals surface area contributed by atoms with E-state index in [9.17, 15) is 4.79 Å². The molecule has 3 aromatic carbocycles. The zero-order valence-electron chi connectivity index (χ0n) is 15.8. The van der Waals surface area contributed by atoms with Crippen molar-refractivity contribution in [2.45, 2.75) is 18.4 Å². The van der Waals surface area contributed by atoms with Crippen molar-refractivity contribution in [1.29, 1.82) is 0 Å². The molecule has 144 valence electrons. The molecule has 2 aliphatic rings. The molecule has 1 aliphatic heterocycles. The topological polar surface area (TPSA) is 41.1 Å². The van der Waals surface area contributed by atoms with Crippen LogP contribution in [0.3, 0.4) is 0 Å². The molecule has 0 amide bonds. The van der Waals surface area contributed by atoms with E-state index in [1.165, 1.54) is 5.56 Å². The molecule has 0 fully saturated rings. The summed E-state index contributed by atoms with van der Waals surface area (Å²) in [4.78, 5) is 13.5. The number of anilines is 2. The fourth-order valence-electron chi connectivity index (χ4n) is 4.40. The standard InChI is InChI=1S/C25H21BrN2O/c26-19-10-6-9-17(13-19)25-24-22(27-20-11-4-5-12-21(20)28-25)14-18(15-23(24)29)16-7-2-1-3-8-16/h1-14,18,24-25,27-28H,15H2. The van der Waals surface area contributed by atoms with Crippen LogP contribution in [-0.2, 0) is 4.79 Å². The quantitative estimate of drug-likeness (QED) is 0.488. The van der Waals surface area contributed by atoms with Crippen LogP contribution >= 0.6 is 15.9 Å².